The topological polar surface area (TPSA) is 73.3 Å². The normalized spacial score (nSPS) is 10.7. The average Bonchev–Trinajstić information content (AvgIpc) is 3.23. The molecule has 6 nitrogen and oxygen atoms in total. The van der Waals surface area contributed by atoms with E-state index < -0.39 is 0 Å². The van der Waals surface area contributed by atoms with Crippen molar-refractivity contribution in [3.63, 3.8) is 0 Å². The van der Waals surface area contributed by atoms with Crippen molar-refractivity contribution < 1.29 is 14.3 Å². The smallest absolute Gasteiger partial charge is 0.251 e. The number of nitrogens with zero attached hydrogens (tertiary/aromatic N) is 2. The maximum Gasteiger partial charge on any atom is 0.251 e. The van der Waals surface area contributed by atoms with Crippen molar-refractivity contribution in [3.8, 4) is 11.5 Å². The molecular formula is C24H23N3O3S. The number of aryl methyl sites for hydroxylation is 1. The Morgan fingerprint density at radius 1 is 1.06 bits per heavy atom. The van der Waals surface area contributed by atoms with E-state index in [1.54, 1.807) is 41.8 Å². The van der Waals surface area contributed by atoms with Gasteiger partial charge in [-0.2, -0.15) is 0 Å². The minimum Gasteiger partial charge on any atom is -0.491 e. The molecule has 0 saturated heterocycles. The molecule has 158 valence electrons. The Balaban J connectivity index is 1.20. The number of pyridine rings is 1. The van der Waals surface area contributed by atoms with Crippen molar-refractivity contribution in [2.75, 3.05) is 13.2 Å². The lowest BCUT2D eigenvalue weighted by molar-refractivity contribution is 0.0951. The molecule has 31 heavy (non-hydrogen) atoms. The lowest BCUT2D eigenvalue weighted by Crippen LogP contribution is -2.25. The first kappa shape index (κ1) is 20.8. The zero-order valence-corrected chi connectivity index (χ0v) is 18.0. The number of carbonyl (C=O) groups excluding carboxylic acids is 1. The van der Waals surface area contributed by atoms with Gasteiger partial charge in [-0.05, 0) is 49.7 Å². The summed E-state index contributed by atoms with van der Waals surface area (Å²) in [7, 11) is 0. The van der Waals surface area contributed by atoms with Gasteiger partial charge in [0.15, 0.2) is 0 Å². The van der Waals surface area contributed by atoms with Gasteiger partial charge >= 0.3 is 0 Å². The van der Waals surface area contributed by atoms with Crippen LogP contribution in [0, 0.1) is 6.92 Å². The van der Waals surface area contributed by atoms with Crippen molar-refractivity contribution >= 4 is 28.1 Å². The average molecular weight is 434 g/mol. The summed E-state index contributed by atoms with van der Waals surface area (Å²) in [6.07, 6.45) is 2.45. The summed E-state index contributed by atoms with van der Waals surface area (Å²) in [5.74, 6) is 1.35. The van der Waals surface area contributed by atoms with Crippen molar-refractivity contribution in [2.24, 2.45) is 0 Å². The van der Waals surface area contributed by atoms with Crippen molar-refractivity contribution in [1.82, 2.24) is 15.3 Å². The summed E-state index contributed by atoms with van der Waals surface area (Å²) in [5.41, 5.74) is 2.35. The number of nitrogens with one attached hydrogen (secondary N) is 1. The molecule has 1 N–H and O–H groups in total. The van der Waals surface area contributed by atoms with Crippen molar-refractivity contribution in [3.05, 3.63) is 82.4 Å². The molecule has 1 amide bonds. The van der Waals surface area contributed by atoms with Crippen molar-refractivity contribution in [1.29, 1.82) is 0 Å². The van der Waals surface area contributed by atoms with E-state index in [-0.39, 0.29) is 5.91 Å². The summed E-state index contributed by atoms with van der Waals surface area (Å²) in [4.78, 5) is 21.1. The Hall–Kier alpha value is -3.45. The number of rotatable bonds is 9. The molecule has 0 aliphatic heterocycles. The van der Waals surface area contributed by atoms with Crippen LogP contribution in [0.5, 0.6) is 11.5 Å². The number of amides is 1. The molecule has 2 heterocycles. The molecule has 2 aromatic heterocycles. The van der Waals surface area contributed by atoms with Gasteiger partial charge in [-0.15, -0.1) is 11.3 Å². The molecule has 0 radical (unpaired) electrons. The van der Waals surface area contributed by atoms with E-state index in [0.29, 0.717) is 37.5 Å². The highest BCUT2D eigenvalue weighted by Gasteiger charge is 2.07. The predicted molar refractivity (Wildman–Crippen MR) is 122 cm³/mol. The van der Waals surface area contributed by atoms with Crippen LogP contribution in [0.2, 0.25) is 0 Å². The Morgan fingerprint density at radius 3 is 2.71 bits per heavy atom. The van der Waals surface area contributed by atoms with Gasteiger partial charge in [0.2, 0.25) is 0 Å². The number of para-hydroxylation sites is 1. The van der Waals surface area contributed by atoms with E-state index in [4.69, 9.17) is 9.47 Å². The molecular weight excluding hydrogens is 410 g/mol. The number of carbonyl (C=O) groups is 1. The van der Waals surface area contributed by atoms with Crippen LogP contribution < -0.4 is 14.8 Å². The van der Waals surface area contributed by atoms with Gasteiger partial charge in [-0.25, -0.2) is 4.98 Å². The summed E-state index contributed by atoms with van der Waals surface area (Å²) in [5, 5.41) is 6.96. The third kappa shape index (κ3) is 5.58. The molecule has 0 bridgehead atoms. The van der Waals surface area contributed by atoms with E-state index in [9.17, 15) is 4.79 Å². The molecule has 0 spiro atoms. The molecule has 7 heteroatoms. The number of hydrogen-bond acceptors (Lipinski definition) is 6. The Bertz CT molecular complexity index is 1150. The highest BCUT2D eigenvalue weighted by Crippen LogP contribution is 2.23. The number of ether oxygens (including phenoxy) is 2. The molecule has 2 aromatic carbocycles. The van der Waals surface area contributed by atoms with Crippen LogP contribution in [0.25, 0.3) is 10.9 Å². The highest BCUT2D eigenvalue weighted by atomic mass is 32.1. The maximum absolute atomic E-state index is 12.3. The second kappa shape index (κ2) is 10.0. The SMILES string of the molecule is Cc1nc(COc2ccc(C(=O)NCCCOc3cccc4cccnc34)cc2)cs1. The van der Waals surface area contributed by atoms with Gasteiger partial charge in [0.25, 0.3) is 5.91 Å². The van der Waals surface area contributed by atoms with Gasteiger partial charge in [-0.3, -0.25) is 9.78 Å². The number of aromatic nitrogens is 2. The molecule has 4 aromatic rings. The van der Waals surface area contributed by atoms with E-state index in [0.717, 1.165) is 27.4 Å². The molecule has 0 fully saturated rings. The first-order valence-electron chi connectivity index (χ1n) is 10.1. The minimum absolute atomic E-state index is 0.117. The molecule has 0 aliphatic carbocycles. The van der Waals surface area contributed by atoms with Crippen LogP contribution in [0.15, 0.2) is 66.2 Å². The van der Waals surface area contributed by atoms with E-state index in [2.05, 4.69) is 15.3 Å². The predicted octanol–water partition coefficient (Wildman–Crippen LogP) is 4.78. The Labute approximate surface area is 184 Å². The third-order valence-corrected chi connectivity index (χ3v) is 5.45. The zero-order chi connectivity index (χ0) is 21.5. The first-order valence-corrected chi connectivity index (χ1v) is 11.0. The summed E-state index contributed by atoms with van der Waals surface area (Å²) >= 11 is 1.60. The van der Waals surface area contributed by atoms with Crippen LogP contribution in [0.3, 0.4) is 0 Å². The van der Waals surface area contributed by atoms with Crippen LogP contribution in [0.1, 0.15) is 27.5 Å². The Morgan fingerprint density at radius 2 is 1.90 bits per heavy atom. The zero-order valence-electron chi connectivity index (χ0n) is 17.2. The fourth-order valence-corrected chi connectivity index (χ4v) is 3.68. The van der Waals surface area contributed by atoms with Gasteiger partial charge in [0.1, 0.15) is 23.6 Å². The quantitative estimate of drug-likeness (QED) is 0.385. The summed E-state index contributed by atoms with van der Waals surface area (Å²) < 4.78 is 11.6. The van der Waals surface area contributed by atoms with Crippen LogP contribution in [-0.2, 0) is 6.61 Å². The highest BCUT2D eigenvalue weighted by molar-refractivity contribution is 7.09. The molecule has 4 rings (SSSR count). The number of benzene rings is 2. The largest absolute Gasteiger partial charge is 0.491 e. The fraction of sp³-hybridized carbons (Fsp3) is 0.208. The van der Waals surface area contributed by atoms with Gasteiger partial charge in [0, 0.05) is 29.1 Å². The molecule has 0 aliphatic rings. The molecule has 0 atom stereocenters. The number of fused-ring (bicyclic) bond motifs is 1. The maximum atomic E-state index is 12.3. The summed E-state index contributed by atoms with van der Waals surface area (Å²) in [6, 6.07) is 16.9. The Kier molecular flexibility index (Phi) is 6.74. The van der Waals surface area contributed by atoms with Crippen LogP contribution >= 0.6 is 11.3 Å². The van der Waals surface area contributed by atoms with E-state index in [1.807, 2.05) is 42.6 Å². The van der Waals surface area contributed by atoms with Gasteiger partial charge < -0.3 is 14.8 Å². The van der Waals surface area contributed by atoms with Gasteiger partial charge in [-0.1, -0.05) is 18.2 Å². The molecule has 0 unspecified atom stereocenters. The van der Waals surface area contributed by atoms with Crippen LogP contribution in [-0.4, -0.2) is 29.0 Å². The lowest BCUT2D eigenvalue weighted by Gasteiger charge is -2.10. The van der Waals surface area contributed by atoms with Gasteiger partial charge in [0.05, 0.1) is 17.3 Å². The number of thiazole rings is 1. The monoisotopic (exact) mass is 433 g/mol. The third-order valence-electron chi connectivity index (χ3n) is 4.63. The second-order valence-electron chi connectivity index (χ2n) is 6.96. The van der Waals surface area contributed by atoms with Crippen molar-refractivity contribution in [2.45, 2.75) is 20.0 Å². The lowest BCUT2D eigenvalue weighted by atomic mass is 10.2. The molecule has 0 saturated carbocycles. The fourth-order valence-electron chi connectivity index (χ4n) is 3.09. The van der Waals surface area contributed by atoms with E-state index in [1.165, 1.54) is 0 Å². The first-order chi connectivity index (χ1) is 15.2. The standard InChI is InChI=1S/C24H23N3O3S/c1-17-27-20(16-31-17)15-30-21-10-8-19(9-11-21)24(28)26-13-4-14-29-22-7-2-5-18-6-3-12-25-23(18)22/h2-3,5-12,16H,4,13-15H2,1H3,(H,26,28). The summed E-state index contributed by atoms with van der Waals surface area (Å²) in [6.45, 7) is 3.41. The second-order valence-corrected chi connectivity index (χ2v) is 8.02. The van der Waals surface area contributed by atoms with Crippen LogP contribution in [0.4, 0.5) is 0 Å². The number of hydrogen-bond donors (Lipinski definition) is 1. The minimum atomic E-state index is -0.117. The van der Waals surface area contributed by atoms with E-state index >= 15 is 0 Å².